The SMILES string of the molecule is CC(=O)Nc1ccc(OCCCc2nnnn2C2CCCCC2)cc1. The standard InChI is InChI=1S/C18H25N5O2/c1-14(24)19-15-9-11-17(12-10-15)25-13-5-8-18-20-21-22-23(18)16-6-3-2-4-7-16/h9-12,16H,2-8,13H2,1H3,(H,19,24). The summed E-state index contributed by atoms with van der Waals surface area (Å²) in [4.78, 5) is 11.0. The van der Waals surface area contributed by atoms with E-state index in [-0.39, 0.29) is 5.91 Å². The van der Waals surface area contributed by atoms with Gasteiger partial charge in [0.1, 0.15) is 5.75 Å². The van der Waals surface area contributed by atoms with E-state index in [0.29, 0.717) is 12.6 Å². The number of carbonyl (C=O) groups excluding carboxylic acids is 1. The van der Waals surface area contributed by atoms with Crippen molar-refractivity contribution in [1.29, 1.82) is 0 Å². The first kappa shape index (κ1) is 17.4. The monoisotopic (exact) mass is 343 g/mol. The predicted molar refractivity (Wildman–Crippen MR) is 94.5 cm³/mol. The zero-order valence-electron chi connectivity index (χ0n) is 14.6. The molecule has 25 heavy (non-hydrogen) atoms. The number of nitrogens with zero attached hydrogens (tertiary/aromatic N) is 4. The summed E-state index contributed by atoms with van der Waals surface area (Å²) >= 11 is 0. The molecule has 0 radical (unpaired) electrons. The van der Waals surface area contributed by atoms with Crippen molar-refractivity contribution in [1.82, 2.24) is 20.2 Å². The van der Waals surface area contributed by atoms with Crippen LogP contribution in [0, 0.1) is 0 Å². The lowest BCUT2D eigenvalue weighted by Crippen LogP contribution is -2.17. The van der Waals surface area contributed by atoms with Crippen molar-refractivity contribution in [2.75, 3.05) is 11.9 Å². The largest absolute Gasteiger partial charge is 0.494 e. The maximum absolute atomic E-state index is 11.0. The Morgan fingerprint density at radius 1 is 1.24 bits per heavy atom. The average molecular weight is 343 g/mol. The molecule has 7 nitrogen and oxygen atoms in total. The number of nitrogens with one attached hydrogen (secondary N) is 1. The summed E-state index contributed by atoms with van der Waals surface area (Å²) < 4.78 is 7.77. The summed E-state index contributed by atoms with van der Waals surface area (Å²) in [7, 11) is 0. The number of amides is 1. The number of carbonyl (C=O) groups is 1. The maximum atomic E-state index is 11.0. The zero-order chi connectivity index (χ0) is 17.5. The molecule has 1 aromatic heterocycles. The summed E-state index contributed by atoms with van der Waals surface area (Å²) in [6, 6.07) is 7.84. The smallest absolute Gasteiger partial charge is 0.221 e. The minimum Gasteiger partial charge on any atom is -0.494 e. The molecule has 1 saturated carbocycles. The van der Waals surface area contributed by atoms with Crippen LogP contribution in [0.15, 0.2) is 24.3 Å². The van der Waals surface area contributed by atoms with E-state index in [9.17, 15) is 4.79 Å². The second-order valence-electron chi connectivity index (χ2n) is 6.49. The Morgan fingerprint density at radius 3 is 2.72 bits per heavy atom. The lowest BCUT2D eigenvalue weighted by Gasteiger charge is -2.22. The second-order valence-corrected chi connectivity index (χ2v) is 6.49. The van der Waals surface area contributed by atoms with Gasteiger partial charge in [-0.15, -0.1) is 5.10 Å². The molecule has 1 N–H and O–H groups in total. The molecule has 1 heterocycles. The van der Waals surface area contributed by atoms with Gasteiger partial charge in [-0.2, -0.15) is 0 Å². The summed E-state index contributed by atoms with van der Waals surface area (Å²) in [6.07, 6.45) is 7.88. The van der Waals surface area contributed by atoms with E-state index >= 15 is 0 Å². The Labute approximate surface area is 147 Å². The molecule has 1 fully saturated rings. The molecule has 1 aromatic carbocycles. The highest BCUT2D eigenvalue weighted by molar-refractivity contribution is 5.88. The van der Waals surface area contributed by atoms with Crippen LogP contribution in [0.25, 0.3) is 0 Å². The van der Waals surface area contributed by atoms with Crippen LogP contribution in [0.1, 0.15) is 57.3 Å². The van der Waals surface area contributed by atoms with Crippen LogP contribution in [0.4, 0.5) is 5.69 Å². The molecule has 0 atom stereocenters. The number of aromatic nitrogens is 4. The van der Waals surface area contributed by atoms with Gasteiger partial charge < -0.3 is 10.1 Å². The molecule has 1 amide bonds. The Hall–Kier alpha value is -2.44. The van der Waals surface area contributed by atoms with Gasteiger partial charge in [-0.05, 0) is 54.0 Å². The third-order valence-electron chi connectivity index (χ3n) is 4.47. The van der Waals surface area contributed by atoms with Crippen LogP contribution in [-0.2, 0) is 11.2 Å². The van der Waals surface area contributed by atoms with Crippen molar-refractivity contribution < 1.29 is 9.53 Å². The van der Waals surface area contributed by atoms with Gasteiger partial charge in [-0.1, -0.05) is 19.3 Å². The minimum absolute atomic E-state index is 0.0793. The summed E-state index contributed by atoms with van der Waals surface area (Å²) in [5.74, 6) is 1.67. The van der Waals surface area contributed by atoms with Crippen LogP contribution in [-0.4, -0.2) is 32.7 Å². The fourth-order valence-corrected chi connectivity index (χ4v) is 3.24. The van der Waals surface area contributed by atoms with Gasteiger partial charge in [0, 0.05) is 19.0 Å². The fraction of sp³-hybridized carbons (Fsp3) is 0.556. The zero-order valence-corrected chi connectivity index (χ0v) is 14.6. The first-order chi connectivity index (χ1) is 12.2. The maximum Gasteiger partial charge on any atom is 0.221 e. The number of ether oxygens (including phenoxy) is 1. The van der Waals surface area contributed by atoms with Crippen LogP contribution in [0.5, 0.6) is 5.75 Å². The van der Waals surface area contributed by atoms with Gasteiger partial charge in [0.05, 0.1) is 12.6 Å². The third kappa shape index (κ3) is 5.01. The number of hydrogen-bond donors (Lipinski definition) is 1. The second kappa shape index (κ2) is 8.60. The average Bonchev–Trinajstić information content (AvgIpc) is 3.09. The molecule has 1 aliphatic rings. The predicted octanol–water partition coefficient (Wildman–Crippen LogP) is 3.15. The number of anilines is 1. The molecule has 1 aliphatic carbocycles. The van der Waals surface area contributed by atoms with Gasteiger partial charge in [0.2, 0.25) is 5.91 Å². The van der Waals surface area contributed by atoms with E-state index in [4.69, 9.17) is 4.74 Å². The Kier molecular flexibility index (Phi) is 5.98. The molecule has 0 bridgehead atoms. The molecule has 3 rings (SSSR count). The molecule has 0 unspecified atom stereocenters. The van der Waals surface area contributed by atoms with Crippen LogP contribution >= 0.6 is 0 Å². The molecule has 134 valence electrons. The number of rotatable bonds is 7. The molecule has 0 aliphatic heterocycles. The summed E-state index contributed by atoms with van der Waals surface area (Å²) in [5.41, 5.74) is 0.770. The summed E-state index contributed by atoms with van der Waals surface area (Å²) in [5, 5.41) is 15.0. The van der Waals surface area contributed by atoms with Crippen LogP contribution < -0.4 is 10.1 Å². The number of aryl methyl sites for hydroxylation is 1. The van der Waals surface area contributed by atoms with Gasteiger partial charge >= 0.3 is 0 Å². The quantitative estimate of drug-likeness (QED) is 0.781. The molecule has 0 saturated heterocycles. The van der Waals surface area contributed by atoms with Crippen LogP contribution in [0.2, 0.25) is 0 Å². The lowest BCUT2D eigenvalue weighted by atomic mass is 9.95. The van der Waals surface area contributed by atoms with E-state index in [0.717, 1.165) is 30.1 Å². The number of hydrogen-bond acceptors (Lipinski definition) is 5. The van der Waals surface area contributed by atoms with Crippen LogP contribution in [0.3, 0.4) is 0 Å². The third-order valence-corrected chi connectivity index (χ3v) is 4.47. The van der Waals surface area contributed by atoms with Gasteiger partial charge in [0.15, 0.2) is 5.82 Å². The molecular formula is C18H25N5O2. The first-order valence-electron chi connectivity index (χ1n) is 8.99. The highest BCUT2D eigenvalue weighted by Gasteiger charge is 2.19. The van der Waals surface area contributed by atoms with Crippen molar-refractivity contribution in [3.05, 3.63) is 30.1 Å². The summed E-state index contributed by atoms with van der Waals surface area (Å²) in [6.45, 7) is 2.10. The Morgan fingerprint density at radius 2 is 2.00 bits per heavy atom. The topological polar surface area (TPSA) is 81.9 Å². The van der Waals surface area contributed by atoms with Crippen molar-refractivity contribution >= 4 is 11.6 Å². The van der Waals surface area contributed by atoms with E-state index in [2.05, 4.69) is 20.8 Å². The molecular weight excluding hydrogens is 318 g/mol. The molecule has 2 aromatic rings. The van der Waals surface area contributed by atoms with E-state index in [1.54, 1.807) is 0 Å². The van der Waals surface area contributed by atoms with Crippen molar-refractivity contribution in [2.45, 2.75) is 57.9 Å². The van der Waals surface area contributed by atoms with E-state index in [1.165, 1.54) is 39.0 Å². The Bertz CT molecular complexity index is 677. The fourth-order valence-electron chi connectivity index (χ4n) is 3.24. The molecule has 7 heteroatoms. The lowest BCUT2D eigenvalue weighted by molar-refractivity contribution is -0.114. The highest BCUT2D eigenvalue weighted by atomic mass is 16.5. The van der Waals surface area contributed by atoms with E-state index in [1.807, 2.05) is 28.9 Å². The van der Waals surface area contributed by atoms with Gasteiger partial charge in [-0.25, -0.2) is 4.68 Å². The number of benzene rings is 1. The van der Waals surface area contributed by atoms with Crippen molar-refractivity contribution in [3.63, 3.8) is 0 Å². The highest BCUT2D eigenvalue weighted by Crippen LogP contribution is 2.28. The van der Waals surface area contributed by atoms with Gasteiger partial charge in [0.25, 0.3) is 0 Å². The normalized spacial score (nSPS) is 15.1. The Balaban J connectivity index is 1.44. The van der Waals surface area contributed by atoms with Crippen molar-refractivity contribution in [3.8, 4) is 5.75 Å². The number of tetrazole rings is 1. The van der Waals surface area contributed by atoms with Crippen molar-refractivity contribution in [2.24, 2.45) is 0 Å². The van der Waals surface area contributed by atoms with Gasteiger partial charge in [-0.3, -0.25) is 4.79 Å². The molecule has 0 spiro atoms. The van der Waals surface area contributed by atoms with E-state index < -0.39 is 0 Å². The first-order valence-corrected chi connectivity index (χ1v) is 8.99. The minimum atomic E-state index is -0.0793.